The smallest absolute Gasteiger partial charge is 0.208 e. The first-order chi connectivity index (χ1) is 9.33. The Labute approximate surface area is 124 Å². The molecule has 0 aromatic heterocycles. The lowest BCUT2D eigenvalue weighted by molar-refractivity contribution is 0.171. The molecule has 0 bridgehead atoms. The van der Waals surface area contributed by atoms with Crippen LogP contribution in [0.3, 0.4) is 0 Å². The summed E-state index contributed by atoms with van der Waals surface area (Å²) in [5.74, 6) is 1.92. The summed E-state index contributed by atoms with van der Waals surface area (Å²) in [6, 6.07) is 0. The van der Waals surface area contributed by atoms with Gasteiger partial charge in [-0.25, -0.2) is 0 Å². The Morgan fingerprint density at radius 1 is 1.20 bits per heavy atom. The Balaban J connectivity index is 3.17. The van der Waals surface area contributed by atoms with Gasteiger partial charge in [0.1, 0.15) is 11.5 Å². The maximum atomic E-state index is 6.40. The lowest BCUT2D eigenvalue weighted by atomic mass is 9.99. The van der Waals surface area contributed by atoms with Crippen molar-refractivity contribution >= 4 is 8.32 Å². The maximum Gasteiger partial charge on any atom is 0.208 e. The summed E-state index contributed by atoms with van der Waals surface area (Å²) in [6.07, 6.45) is 9.29. The first-order valence-electron chi connectivity index (χ1n) is 7.13. The molecule has 1 rings (SSSR count). The van der Waals surface area contributed by atoms with Gasteiger partial charge in [0, 0.05) is 0 Å². The van der Waals surface area contributed by atoms with E-state index in [0.717, 1.165) is 17.9 Å². The van der Waals surface area contributed by atoms with E-state index < -0.39 is 8.32 Å². The van der Waals surface area contributed by atoms with E-state index >= 15 is 0 Å². The van der Waals surface area contributed by atoms with Crippen molar-refractivity contribution in [3.05, 3.63) is 35.8 Å². The van der Waals surface area contributed by atoms with E-state index in [-0.39, 0.29) is 11.1 Å². The number of hydrogen-bond acceptors (Lipinski definition) is 3. The van der Waals surface area contributed by atoms with E-state index in [0.29, 0.717) is 0 Å². The van der Waals surface area contributed by atoms with E-state index in [1.54, 1.807) is 14.2 Å². The molecular weight excluding hydrogens is 268 g/mol. The largest absolute Gasteiger partial charge is 0.501 e. The van der Waals surface area contributed by atoms with Gasteiger partial charge in [0.25, 0.3) is 0 Å². The number of allylic oxidation sites excluding steroid dienone is 3. The molecule has 4 heteroatoms. The molecule has 0 radical (unpaired) electrons. The van der Waals surface area contributed by atoms with E-state index in [9.17, 15) is 0 Å². The van der Waals surface area contributed by atoms with Gasteiger partial charge in [0.2, 0.25) is 8.32 Å². The molecule has 1 aliphatic carbocycles. The van der Waals surface area contributed by atoms with Crippen LogP contribution in [0.5, 0.6) is 0 Å². The van der Waals surface area contributed by atoms with Gasteiger partial charge in [-0.05, 0) is 52.4 Å². The molecular formula is C16H28O3Si. The van der Waals surface area contributed by atoms with Gasteiger partial charge in [-0.1, -0.05) is 12.2 Å². The predicted molar refractivity (Wildman–Crippen MR) is 86.0 cm³/mol. The first kappa shape index (κ1) is 17.0. The van der Waals surface area contributed by atoms with Gasteiger partial charge in [-0.3, -0.25) is 0 Å². The van der Waals surface area contributed by atoms with Crippen molar-refractivity contribution in [3.8, 4) is 0 Å². The van der Waals surface area contributed by atoms with Crippen LogP contribution in [0.4, 0.5) is 0 Å². The van der Waals surface area contributed by atoms with Crippen LogP contribution >= 0.6 is 0 Å². The zero-order chi connectivity index (χ0) is 15.4. The molecule has 1 unspecified atom stereocenters. The highest BCUT2D eigenvalue weighted by atomic mass is 28.4. The summed E-state index contributed by atoms with van der Waals surface area (Å²) in [5, 5.41) is -0.301. The third-order valence-electron chi connectivity index (χ3n) is 4.18. The Morgan fingerprint density at radius 2 is 1.70 bits per heavy atom. The monoisotopic (exact) mass is 296 g/mol. The predicted octanol–water partition coefficient (Wildman–Crippen LogP) is 4.40. The lowest BCUT2D eigenvalue weighted by Gasteiger charge is -2.45. The van der Waals surface area contributed by atoms with Gasteiger partial charge in [-0.15, -0.1) is 0 Å². The minimum absolute atomic E-state index is 0.0941. The number of methoxy groups -OCH3 is 2. The fourth-order valence-electron chi connectivity index (χ4n) is 2.86. The van der Waals surface area contributed by atoms with Crippen LogP contribution in [0.25, 0.3) is 0 Å². The summed E-state index contributed by atoms with van der Waals surface area (Å²) in [4.78, 5) is 0. The molecule has 0 aromatic rings. The third kappa shape index (κ3) is 3.01. The van der Waals surface area contributed by atoms with Gasteiger partial charge in [0.15, 0.2) is 0 Å². The third-order valence-corrected chi connectivity index (χ3v) is 8.04. The molecule has 0 heterocycles. The van der Waals surface area contributed by atoms with Gasteiger partial charge < -0.3 is 13.9 Å². The fraction of sp³-hybridized carbons (Fsp3) is 0.625. The topological polar surface area (TPSA) is 27.7 Å². The molecule has 0 amide bonds. The summed E-state index contributed by atoms with van der Waals surface area (Å²) in [7, 11) is 1.32. The van der Waals surface area contributed by atoms with Crippen molar-refractivity contribution < 1.29 is 13.9 Å². The second-order valence-corrected chi connectivity index (χ2v) is 10.0. The molecule has 0 aromatic carbocycles. The Kier molecular flexibility index (Phi) is 5.65. The summed E-state index contributed by atoms with van der Waals surface area (Å²) in [5.41, 5.74) is 0. The molecule has 0 aliphatic heterocycles. The van der Waals surface area contributed by atoms with Crippen LogP contribution in [0.2, 0.25) is 18.1 Å². The van der Waals surface area contributed by atoms with Crippen LogP contribution < -0.4 is 0 Å². The lowest BCUT2D eigenvalue weighted by Crippen LogP contribution is -2.49. The van der Waals surface area contributed by atoms with Crippen molar-refractivity contribution in [2.45, 2.75) is 51.4 Å². The van der Waals surface area contributed by atoms with Crippen molar-refractivity contribution in [2.75, 3.05) is 14.2 Å². The highest BCUT2D eigenvalue weighted by Crippen LogP contribution is 2.54. The molecule has 0 spiro atoms. The van der Waals surface area contributed by atoms with Crippen molar-refractivity contribution in [1.29, 1.82) is 0 Å². The molecule has 3 nitrogen and oxygen atoms in total. The first-order valence-corrected chi connectivity index (χ1v) is 10.0. The summed E-state index contributed by atoms with van der Waals surface area (Å²) < 4.78 is 17.7. The zero-order valence-electron chi connectivity index (χ0n) is 13.8. The average Bonchev–Trinajstić information content (AvgIpc) is 2.38. The standard InChI is InChI=1S/C16H28O3Si/c1-8-10-13(2)19-20(6,7)16(3)14(17-4)11-9-12-15(16)18-5/h8,10-13H,9H2,1-7H3/b10-8+. The molecule has 0 fully saturated rings. The highest BCUT2D eigenvalue weighted by Gasteiger charge is 2.53. The van der Waals surface area contributed by atoms with Gasteiger partial charge in [0.05, 0.1) is 25.4 Å². The minimum Gasteiger partial charge on any atom is -0.501 e. The van der Waals surface area contributed by atoms with Crippen molar-refractivity contribution in [1.82, 2.24) is 0 Å². The highest BCUT2D eigenvalue weighted by molar-refractivity contribution is 6.75. The van der Waals surface area contributed by atoms with Crippen molar-refractivity contribution in [2.24, 2.45) is 0 Å². The molecule has 0 N–H and O–H groups in total. The Bertz CT molecular complexity index is 401. The van der Waals surface area contributed by atoms with E-state index in [1.165, 1.54) is 0 Å². The summed E-state index contributed by atoms with van der Waals surface area (Å²) >= 11 is 0. The van der Waals surface area contributed by atoms with Crippen molar-refractivity contribution in [3.63, 3.8) is 0 Å². The van der Waals surface area contributed by atoms with Crippen LogP contribution in [-0.4, -0.2) is 28.6 Å². The minimum atomic E-state index is -2.13. The molecule has 114 valence electrons. The number of hydrogen-bond donors (Lipinski definition) is 0. The molecule has 1 aliphatic rings. The van der Waals surface area contributed by atoms with Crippen LogP contribution in [-0.2, 0) is 13.9 Å². The Hall–Kier alpha value is -1.00. The van der Waals surface area contributed by atoms with Crippen LogP contribution in [0, 0.1) is 0 Å². The average molecular weight is 296 g/mol. The van der Waals surface area contributed by atoms with E-state index in [2.05, 4.69) is 45.2 Å². The number of ether oxygens (including phenoxy) is 2. The van der Waals surface area contributed by atoms with E-state index in [4.69, 9.17) is 13.9 Å². The summed E-state index contributed by atoms with van der Waals surface area (Å²) in [6.45, 7) is 10.7. The SMILES string of the molecule is C/C=C/C(C)O[Si](C)(C)C1(C)C(OC)=CCC=C1OC. The fourth-order valence-corrected chi connectivity index (χ4v) is 5.70. The zero-order valence-corrected chi connectivity index (χ0v) is 14.8. The molecule has 0 saturated carbocycles. The quantitative estimate of drug-likeness (QED) is 0.537. The maximum absolute atomic E-state index is 6.40. The van der Waals surface area contributed by atoms with Gasteiger partial charge in [-0.2, -0.15) is 0 Å². The second kappa shape index (κ2) is 6.63. The number of rotatable bonds is 6. The second-order valence-electron chi connectivity index (χ2n) is 5.76. The molecule has 1 atom stereocenters. The normalized spacial score (nSPS) is 20.4. The van der Waals surface area contributed by atoms with E-state index in [1.807, 2.05) is 13.0 Å². The van der Waals surface area contributed by atoms with Crippen LogP contribution in [0.15, 0.2) is 35.8 Å². The Morgan fingerprint density at radius 3 is 2.10 bits per heavy atom. The molecule has 0 saturated heterocycles. The van der Waals surface area contributed by atoms with Crippen LogP contribution in [0.1, 0.15) is 27.2 Å². The van der Waals surface area contributed by atoms with Gasteiger partial charge >= 0.3 is 0 Å². The molecule has 20 heavy (non-hydrogen) atoms.